The summed E-state index contributed by atoms with van der Waals surface area (Å²) in [6, 6.07) is 2.04. The van der Waals surface area contributed by atoms with Crippen LogP contribution in [0.3, 0.4) is 0 Å². The van der Waals surface area contributed by atoms with Crippen LogP contribution in [0.25, 0.3) is 0 Å². The number of nitrogens with two attached hydrogens (primary N) is 1. The molecule has 4 nitrogen and oxygen atoms in total. The fourth-order valence-electron chi connectivity index (χ4n) is 1.74. The van der Waals surface area contributed by atoms with Gasteiger partial charge >= 0.3 is 12.1 Å². The summed E-state index contributed by atoms with van der Waals surface area (Å²) < 4.78 is 43.5. The highest BCUT2D eigenvalue weighted by atomic mass is 19.4. The smallest absolute Gasteiger partial charge is 0.421 e. The Kier molecular flexibility index (Phi) is 3.81. The zero-order valence-corrected chi connectivity index (χ0v) is 10.6. The number of benzene rings is 1. The third kappa shape index (κ3) is 2.37. The zero-order valence-electron chi connectivity index (χ0n) is 10.6. The summed E-state index contributed by atoms with van der Waals surface area (Å²) in [6.07, 6.45) is -5.02. The van der Waals surface area contributed by atoms with Crippen molar-refractivity contribution in [3.63, 3.8) is 0 Å². The summed E-state index contributed by atoms with van der Waals surface area (Å²) >= 11 is 0. The molecule has 1 rings (SSSR count). The number of phenolic OH excluding ortho intramolecular Hbond substituents is 1. The number of esters is 1. The van der Waals surface area contributed by atoms with Crippen molar-refractivity contribution in [3.8, 4) is 5.75 Å². The molecule has 0 saturated heterocycles. The number of aryl methyl sites for hydroxylation is 2. The van der Waals surface area contributed by atoms with E-state index in [4.69, 9.17) is 5.73 Å². The molecule has 0 radical (unpaired) electrons. The van der Waals surface area contributed by atoms with Gasteiger partial charge in [0, 0.05) is 0 Å². The lowest BCUT2D eigenvalue weighted by molar-refractivity contribution is -0.206. The van der Waals surface area contributed by atoms with Gasteiger partial charge in [0.25, 0.3) is 0 Å². The van der Waals surface area contributed by atoms with Crippen molar-refractivity contribution in [2.24, 2.45) is 5.73 Å². The van der Waals surface area contributed by atoms with Crippen LogP contribution < -0.4 is 5.73 Å². The van der Waals surface area contributed by atoms with Crippen LogP contribution in [0, 0.1) is 13.8 Å². The monoisotopic (exact) mass is 277 g/mol. The summed E-state index contributed by atoms with van der Waals surface area (Å²) in [5, 5.41) is 9.56. The van der Waals surface area contributed by atoms with Gasteiger partial charge in [0.1, 0.15) is 5.75 Å². The highest BCUT2D eigenvalue weighted by Gasteiger charge is 2.60. The first-order valence-corrected chi connectivity index (χ1v) is 5.30. The fourth-order valence-corrected chi connectivity index (χ4v) is 1.74. The second-order valence-corrected chi connectivity index (χ2v) is 4.26. The van der Waals surface area contributed by atoms with Crippen molar-refractivity contribution in [1.29, 1.82) is 0 Å². The quantitative estimate of drug-likeness (QED) is 0.810. The Labute approximate surface area is 108 Å². The van der Waals surface area contributed by atoms with Gasteiger partial charge in [-0.15, -0.1) is 0 Å². The van der Waals surface area contributed by atoms with Gasteiger partial charge in [0.2, 0.25) is 5.54 Å². The molecule has 0 amide bonds. The van der Waals surface area contributed by atoms with Crippen LogP contribution in [0.15, 0.2) is 12.1 Å². The van der Waals surface area contributed by atoms with E-state index < -0.39 is 23.2 Å². The molecular weight excluding hydrogens is 263 g/mol. The van der Waals surface area contributed by atoms with Crippen molar-refractivity contribution in [2.45, 2.75) is 25.6 Å². The molecule has 0 bridgehead atoms. The van der Waals surface area contributed by atoms with E-state index >= 15 is 0 Å². The molecule has 0 spiro atoms. The second-order valence-electron chi connectivity index (χ2n) is 4.26. The lowest BCUT2D eigenvalue weighted by Gasteiger charge is -2.30. The van der Waals surface area contributed by atoms with Gasteiger partial charge in [-0.05, 0) is 42.7 Å². The number of rotatable bonds is 2. The Morgan fingerprint density at radius 2 is 1.68 bits per heavy atom. The maximum Gasteiger partial charge on any atom is 0.421 e. The third-order valence-electron chi connectivity index (χ3n) is 2.90. The molecule has 19 heavy (non-hydrogen) atoms. The van der Waals surface area contributed by atoms with Gasteiger partial charge < -0.3 is 15.6 Å². The Morgan fingerprint density at radius 1 is 1.26 bits per heavy atom. The highest BCUT2D eigenvalue weighted by molar-refractivity contribution is 5.83. The minimum Gasteiger partial charge on any atom is -0.507 e. The number of methoxy groups -OCH3 is 1. The lowest BCUT2D eigenvalue weighted by Crippen LogP contribution is -2.57. The van der Waals surface area contributed by atoms with Crippen molar-refractivity contribution >= 4 is 5.97 Å². The SMILES string of the molecule is COC(=O)C(N)(c1cc(C)c(O)c(C)c1)C(F)(F)F. The molecule has 1 aromatic rings. The summed E-state index contributed by atoms with van der Waals surface area (Å²) in [6.45, 7) is 2.83. The Hall–Kier alpha value is -1.76. The standard InChI is InChI=1S/C12H14F3NO3/c1-6-4-8(5-7(2)9(6)17)11(16,10(18)19-3)12(13,14)15/h4-5,17H,16H2,1-3H3. The van der Waals surface area contributed by atoms with Crippen molar-refractivity contribution in [1.82, 2.24) is 0 Å². The number of hydrogen-bond acceptors (Lipinski definition) is 4. The molecule has 1 atom stereocenters. The van der Waals surface area contributed by atoms with Crippen molar-refractivity contribution < 1.29 is 27.8 Å². The first kappa shape index (κ1) is 15.3. The maximum absolute atomic E-state index is 13.1. The van der Waals surface area contributed by atoms with Crippen LogP contribution in [-0.2, 0) is 15.1 Å². The molecule has 106 valence electrons. The fraction of sp³-hybridized carbons (Fsp3) is 0.417. The van der Waals surface area contributed by atoms with E-state index in [2.05, 4.69) is 4.74 Å². The van der Waals surface area contributed by atoms with Crippen LogP contribution in [0.2, 0.25) is 0 Å². The number of halogens is 3. The van der Waals surface area contributed by atoms with Gasteiger partial charge in [0.05, 0.1) is 7.11 Å². The molecule has 0 saturated carbocycles. The van der Waals surface area contributed by atoms with Crippen LogP contribution in [0.1, 0.15) is 16.7 Å². The average molecular weight is 277 g/mol. The zero-order chi connectivity index (χ0) is 15.0. The number of alkyl halides is 3. The highest BCUT2D eigenvalue weighted by Crippen LogP contribution is 2.39. The number of carbonyl (C=O) groups is 1. The maximum atomic E-state index is 13.1. The second kappa shape index (κ2) is 4.73. The first-order valence-electron chi connectivity index (χ1n) is 5.30. The molecule has 0 heterocycles. The van der Waals surface area contributed by atoms with Gasteiger partial charge in [-0.3, -0.25) is 0 Å². The van der Waals surface area contributed by atoms with Gasteiger partial charge in [-0.25, -0.2) is 4.79 Å². The Balaban J connectivity index is 3.56. The minimum absolute atomic E-state index is 0.141. The van der Waals surface area contributed by atoms with E-state index in [1.165, 1.54) is 13.8 Å². The molecule has 0 aliphatic rings. The number of aromatic hydroxyl groups is 1. The predicted octanol–water partition coefficient (Wildman–Crippen LogP) is 1.90. The summed E-state index contributed by atoms with van der Waals surface area (Å²) in [5.41, 5.74) is 1.91. The van der Waals surface area contributed by atoms with E-state index in [0.29, 0.717) is 0 Å². The van der Waals surface area contributed by atoms with E-state index in [1.54, 1.807) is 0 Å². The van der Waals surface area contributed by atoms with Crippen LogP contribution in [0.5, 0.6) is 5.75 Å². The molecular formula is C12H14F3NO3. The summed E-state index contributed by atoms with van der Waals surface area (Å²) in [4.78, 5) is 11.5. The minimum atomic E-state index is -5.02. The van der Waals surface area contributed by atoms with Gasteiger partial charge in [0.15, 0.2) is 0 Å². The molecule has 0 aromatic heterocycles. The molecule has 3 N–H and O–H groups in total. The van der Waals surface area contributed by atoms with Crippen molar-refractivity contribution in [2.75, 3.05) is 7.11 Å². The summed E-state index contributed by atoms with van der Waals surface area (Å²) in [5.74, 6) is -1.75. The number of carbonyl (C=O) groups excluding carboxylic acids is 1. The number of phenols is 1. The van der Waals surface area contributed by atoms with Crippen molar-refractivity contribution in [3.05, 3.63) is 28.8 Å². The largest absolute Gasteiger partial charge is 0.507 e. The molecule has 1 unspecified atom stereocenters. The normalized spacial score (nSPS) is 14.9. The van der Waals surface area contributed by atoms with E-state index in [1.807, 2.05) is 0 Å². The lowest BCUT2D eigenvalue weighted by atomic mass is 9.87. The van der Waals surface area contributed by atoms with Crippen LogP contribution in [-0.4, -0.2) is 24.4 Å². The Morgan fingerprint density at radius 3 is 2.00 bits per heavy atom. The molecule has 0 fully saturated rings. The molecule has 0 aliphatic heterocycles. The number of hydrogen-bond donors (Lipinski definition) is 2. The van der Waals surface area contributed by atoms with Crippen LogP contribution >= 0.6 is 0 Å². The van der Waals surface area contributed by atoms with Crippen LogP contribution in [0.4, 0.5) is 13.2 Å². The van der Waals surface area contributed by atoms with E-state index in [9.17, 15) is 23.1 Å². The average Bonchev–Trinajstić information content (AvgIpc) is 2.31. The third-order valence-corrected chi connectivity index (χ3v) is 2.90. The van der Waals surface area contributed by atoms with Gasteiger partial charge in [-0.2, -0.15) is 13.2 Å². The van der Waals surface area contributed by atoms with Gasteiger partial charge in [-0.1, -0.05) is 0 Å². The predicted molar refractivity (Wildman–Crippen MR) is 61.5 cm³/mol. The Bertz CT molecular complexity index is 490. The summed E-state index contributed by atoms with van der Waals surface area (Å²) in [7, 11) is 0.829. The molecule has 7 heteroatoms. The van der Waals surface area contributed by atoms with E-state index in [0.717, 1.165) is 19.2 Å². The first-order chi connectivity index (χ1) is 8.55. The van der Waals surface area contributed by atoms with E-state index in [-0.39, 0.29) is 16.9 Å². The topological polar surface area (TPSA) is 72.5 Å². The molecule has 1 aromatic carbocycles. The molecule has 0 aliphatic carbocycles. The number of ether oxygens (including phenoxy) is 1.